The van der Waals surface area contributed by atoms with Crippen molar-refractivity contribution in [1.29, 1.82) is 0 Å². The Labute approximate surface area is 120 Å². The molecule has 0 spiro atoms. The summed E-state index contributed by atoms with van der Waals surface area (Å²) in [6.07, 6.45) is 4.32. The number of hydrogen-bond acceptors (Lipinski definition) is 6. The van der Waals surface area contributed by atoms with Crippen LogP contribution in [0.25, 0.3) is 0 Å². The first-order valence-electron chi connectivity index (χ1n) is 5.57. The SMILES string of the molecule is CC(NS(=O)(=O)c1cnc(NN)c(Cl)c1)c1cn[nH]c1. The summed E-state index contributed by atoms with van der Waals surface area (Å²) in [6.45, 7) is 1.70. The van der Waals surface area contributed by atoms with Gasteiger partial charge < -0.3 is 5.43 Å². The van der Waals surface area contributed by atoms with Crippen molar-refractivity contribution in [3.8, 4) is 0 Å². The van der Waals surface area contributed by atoms with E-state index in [9.17, 15) is 8.42 Å². The van der Waals surface area contributed by atoms with Gasteiger partial charge in [-0.1, -0.05) is 11.6 Å². The molecule has 108 valence electrons. The van der Waals surface area contributed by atoms with Gasteiger partial charge in [-0.2, -0.15) is 5.10 Å². The number of sulfonamides is 1. The number of anilines is 1. The second kappa shape index (κ2) is 5.75. The lowest BCUT2D eigenvalue weighted by molar-refractivity contribution is 0.566. The monoisotopic (exact) mass is 316 g/mol. The predicted molar refractivity (Wildman–Crippen MR) is 74.4 cm³/mol. The number of nitrogens with two attached hydrogens (primary N) is 1. The molecular weight excluding hydrogens is 304 g/mol. The van der Waals surface area contributed by atoms with Crippen LogP contribution in [0.1, 0.15) is 18.5 Å². The lowest BCUT2D eigenvalue weighted by atomic mass is 10.2. The second-order valence-electron chi connectivity index (χ2n) is 4.02. The van der Waals surface area contributed by atoms with E-state index in [0.717, 1.165) is 0 Å². The van der Waals surface area contributed by atoms with Gasteiger partial charge in [-0.3, -0.25) is 5.10 Å². The van der Waals surface area contributed by atoms with E-state index in [2.05, 4.69) is 25.3 Å². The summed E-state index contributed by atoms with van der Waals surface area (Å²) < 4.78 is 26.9. The molecule has 0 saturated carbocycles. The number of aromatic nitrogens is 3. The highest BCUT2D eigenvalue weighted by atomic mass is 35.5. The van der Waals surface area contributed by atoms with Crippen molar-refractivity contribution in [3.63, 3.8) is 0 Å². The molecule has 2 aromatic rings. The van der Waals surface area contributed by atoms with E-state index in [-0.39, 0.29) is 15.7 Å². The molecular formula is C10H13ClN6O2S. The normalized spacial score (nSPS) is 13.2. The van der Waals surface area contributed by atoms with E-state index in [1.54, 1.807) is 19.3 Å². The van der Waals surface area contributed by atoms with E-state index in [1.165, 1.54) is 12.3 Å². The van der Waals surface area contributed by atoms with Gasteiger partial charge in [-0.15, -0.1) is 0 Å². The Kier molecular flexibility index (Phi) is 4.23. The van der Waals surface area contributed by atoms with Gasteiger partial charge in [0, 0.05) is 24.0 Å². The molecule has 0 fully saturated rings. The highest BCUT2D eigenvalue weighted by Gasteiger charge is 2.20. The summed E-state index contributed by atoms with van der Waals surface area (Å²) >= 11 is 5.86. The van der Waals surface area contributed by atoms with Crippen molar-refractivity contribution in [2.45, 2.75) is 17.9 Å². The number of nitrogens with one attached hydrogen (secondary N) is 3. The molecule has 1 unspecified atom stereocenters. The fourth-order valence-electron chi connectivity index (χ4n) is 1.54. The lowest BCUT2D eigenvalue weighted by Crippen LogP contribution is -2.27. The van der Waals surface area contributed by atoms with Crippen molar-refractivity contribution < 1.29 is 8.42 Å². The molecule has 5 N–H and O–H groups in total. The number of nitrogen functional groups attached to an aromatic ring is 1. The molecule has 0 amide bonds. The van der Waals surface area contributed by atoms with Crippen LogP contribution >= 0.6 is 11.6 Å². The van der Waals surface area contributed by atoms with E-state index < -0.39 is 16.1 Å². The highest BCUT2D eigenvalue weighted by Crippen LogP contribution is 2.22. The minimum absolute atomic E-state index is 0.0446. The third-order valence-corrected chi connectivity index (χ3v) is 4.41. The van der Waals surface area contributed by atoms with E-state index in [0.29, 0.717) is 5.56 Å². The van der Waals surface area contributed by atoms with Crippen molar-refractivity contribution in [2.24, 2.45) is 5.84 Å². The third kappa shape index (κ3) is 3.07. The van der Waals surface area contributed by atoms with Crippen molar-refractivity contribution in [3.05, 3.63) is 35.2 Å². The van der Waals surface area contributed by atoms with Crippen molar-refractivity contribution in [1.82, 2.24) is 19.9 Å². The average Bonchev–Trinajstić information content (AvgIpc) is 2.92. The number of nitrogens with zero attached hydrogens (tertiary/aromatic N) is 2. The fraction of sp³-hybridized carbons (Fsp3) is 0.200. The number of halogens is 1. The molecule has 0 aliphatic heterocycles. The van der Waals surface area contributed by atoms with Crippen LogP contribution in [0, 0.1) is 0 Å². The van der Waals surface area contributed by atoms with E-state index in [4.69, 9.17) is 17.4 Å². The van der Waals surface area contributed by atoms with Crippen molar-refractivity contribution >= 4 is 27.4 Å². The molecule has 0 aliphatic carbocycles. The summed E-state index contributed by atoms with van der Waals surface area (Å²) in [6, 6.07) is 0.832. The van der Waals surface area contributed by atoms with Crippen LogP contribution in [0.15, 0.2) is 29.6 Å². The Bertz CT molecular complexity index is 688. The lowest BCUT2D eigenvalue weighted by Gasteiger charge is -2.13. The highest BCUT2D eigenvalue weighted by molar-refractivity contribution is 7.89. The average molecular weight is 317 g/mol. The van der Waals surface area contributed by atoms with Gasteiger partial charge in [0.05, 0.1) is 11.2 Å². The summed E-state index contributed by atoms with van der Waals surface area (Å²) in [7, 11) is -3.74. The Balaban J connectivity index is 2.24. The maximum absolute atomic E-state index is 12.2. The molecule has 0 saturated heterocycles. The van der Waals surface area contributed by atoms with Gasteiger partial charge in [0.1, 0.15) is 4.90 Å². The smallest absolute Gasteiger partial charge is 0.242 e. The van der Waals surface area contributed by atoms with Gasteiger partial charge >= 0.3 is 0 Å². The minimum Gasteiger partial charge on any atom is -0.307 e. The first kappa shape index (κ1) is 14.7. The molecule has 0 radical (unpaired) electrons. The maximum Gasteiger partial charge on any atom is 0.242 e. The van der Waals surface area contributed by atoms with Crippen LogP contribution in [-0.4, -0.2) is 23.6 Å². The Morgan fingerprint density at radius 3 is 2.75 bits per heavy atom. The molecule has 8 nitrogen and oxygen atoms in total. The number of aromatic amines is 1. The van der Waals surface area contributed by atoms with Crippen LogP contribution in [0.2, 0.25) is 5.02 Å². The fourth-order valence-corrected chi connectivity index (χ4v) is 3.03. The number of hydrogen-bond donors (Lipinski definition) is 4. The zero-order valence-corrected chi connectivity index (χ0v) is 12.0. The first-order valence-corrected chi connectivity index (χ1v) is 7.43. The number of H-pyrrole nitrogens is 1. The summed E-state index contributed by atoms with van der Waals surface area (Å²) in [4.78, 5) is 3.78. The van der Waals surface area contributed by atoms with Crippen LogP contribution < -0.4 is 16.0 Å². The van der Waals surface area contributed by atoms with Gasteiger partial charge in [-0.05, 0) is 13.0 Å². The Morgan fingerprint density at radius 2 is 2.20 bits per heavy atom. The van der Waals surface area contributed by atoms with Crippen LogP contribution in [-0.2, 0) is 10.0 Å². The van der Waals surface area contributed by atoms with Gasteiger partial charge in [0.2, 0.25) is 10.0 Å². The zero-order valence-electron chi connectivity index (χ0n) is 10.5. The number of hydrazine groups is 1. The largest absolute Gasteiger partial charge is 0.307 e. The van der Waals surface area contributed by atoms with Crippen LogP contribution in [0.4, 0.5) is 5.82 Å². The summed E-state index contributed by atoms with van der Waals surface area (Å²) in [5.41, 5.74) is 2.98. The summed E-state index contributed by atoms with van der Waals surface area (Å²) in [5, 5.41) is 6.50. The molecule has 0 aliphatic rings. The van der Waals surface area contributed by atoms with Gasteiger partial charge in [0.25, 0.3) is 0 Å². The molecule has 0 aromatic carbocycles. The Hall–Kier alpha value is -1.68. The molecule has 0 bridgehead atoms. The van der Waals surface area contributed by atoms with Crippen molar-refractivity contribution in [2.75, 3.05) is 5.43 Å². The topological polar surface area (TPSA) is 126 Å². The summed E-state index contributed by atoms with van der Waals surface area (Å²) in [5.74, 6) is 5.38. The standard InChI is InChI=1S/C10H13ClN6O2S/c1-6(7-3-14-15-4-7)17-20(18,19)8-2-9(11)10(16-12)13-5-8/h2-6,17H,12H2,1H3,(H,13,16)(H,14,15). The van der Waals surface area contributed by atoms with Crippen LogP contribution in [0.5, 0.6) is 0 Å². The molecule has 2 heterocycles. The van der Waals surface area contributed by atoms with E-state index in [1.807, 2.05) is 0 Å². The van der Waals surface area contributed by atoms with E-state index >= 15 is 0 Å². The minimum atomic E-state index is -3.74. The zero-order chi connectivity index (χ0) is 14.8. The molecule has 1 atom stereocenters. The Morgan fingerprint density at radius 1 is 1.45 bits per heavy atom. The first-order chi connectivity index (χ1) is 9.44. The molecule has 2 rings (SSSR count). The van der Waals surface area contributed by atoms with Gasteiger partial charge in [0.15, 0.2) is 5.82 Å². The quantitative estimate of drug-likeness (QED) is 0.477. The molecule has 10 heteroatoms. The van der Waals surface area contributed by atoms with Gasteiger partial charge in [-0.25, -0.2) is 24.0 Å². The number of rotatable bonds is 5. The predicted octanol–water partition coefficient (Wildman–Crippen LogP) is 0.783. The van der Waals surface area contributed by atoms with Crippen LogP contribution in [0.3, 0.4) is 0 Å². The molecule has 2 aromatic heterocycles. The third-order valence-electron chi connectivity index (χ3n) is 2.61. The second-order valence-corrected chi connectivity index (χ2v) is 6.14. The number of pyridine rings is 1. The molecule has 20 heavy (non-hydrogen) atoms. The maximum atomic E-state index is 12.2.